The van der Waals surface area contributed by atoms with Gasteiger partial charge in [-0.15, -0.1) is 0 Å². The molecule has 5 rings (SSSR count). The first kappa shape index (κ1) is 17.5. The second kappa shape index (κ2) is 7.08. The molecule has 0 aromatic carbocycles. The highest BCUT2D eigenvalue weighted by Gasteiger charge is 2.28. The Morgan fingerprint density at radius 3 is 2.97 bits per heavy atom. The minimum atomic E-state index is -0.119. The van der Waals surface area contributed by atoms with Crippen molar-refractivity contribution in [3.8, 4) is 5.82 Å². The van der Waals surface area contributed by atoms with Crippen LogP contribution in [0.25, 0.3) is 16.9 Å². The fourth-order valence-corrected chi connectivity index (χ4v) is 3.88. The Hall–Kier alpha value is -3.62. The van der Waals surface area contributed by atoms with Gasteiger partial charge in [0.1, 0.15) is 18.0 Å². The molecule has 0 aliphatic carbocycles. The Morgan fingerprint density at radius 1 is 1.17 bits per heavy atom. The van der Waals surface area contributed by atoms with Crippen LogP contribution in [0.4, 0.5) is 5.82 Å². The molecule has 0 spiro atoms. The van der Waals surface area contributed by atoms with Crippen molar-refractivity contribution in [2.75, 3.05) is 11.4 Å². The molecule has 9 nitrogen and oxygen atoms in total. The van der Waals surface area contributed by atoms with Crippen LogP contribution in [0.5, 0.6) is 0 Å². The number of pyridine rings is 1. The molecule has 146 valence electrons. The van der Waals surface area contributed by atoms with Crippen molar-refractivity contribution < 1.29 is 0 Å². The predicted molar refractivity (Wildman–Crippen MR) is 108 cm³/mol. The third kappa shape index (κ3) is 3.24. The van der Waals surface area contributed by atoms with Crippen LogP contribution in [-0.2, 0) is 6.54 Å². The van der Waals surface area contributed by atoms with E-state index in [0.29, 0.717) is 23.8 Å². The molecule has 0 saturated carbocycles. The molecule has 1 aliphatic heterocycles. The summed E-state index contributed by atoms with van der Waals surface area (Å²) in [6.45, 7) is 3.25. The maximum atomic E-state index is 12.5. The summed E-state index contributed by atoms with van der Waals surface area (Å²) in [7, 11) is 0. The Morgan fingerprint density at radius 2 is 2.10 bits per heavy atom. The molecule has 1 unspecified atom stereocenters. The summed E-state index contributed by atoms with van der Waals surface area (Å²) in [4.78, 5) is 32.3. The molecular formula is C20H20N8O. The third-order valence-corrected chi connectivity index (χ3v) is 5.22. The fourth-order valence-electron chi connectivity index (χ4n) is 3.88. The lowest BCUT2D eigenvalue weighted by molar-refractivity contribution is 0.484. The van der Waals surface area contributed by atoms with E-state index in [1.807, 2.05) is 25.3 Å². The zero-order valence-electron chi connectivity index (χ0n) is 16.0. The first-order valence-corrected chi connectivity index (χ1v) is 9.61. The van der Waals surface area contributed by atoms with Crippen molar-refractivity contribution in [3.63, 3.8) is 0 Å². The summed E-state index contributed by atoms with van der Waals surface area (Å²) in [5, 5.41) is 5.47. The monoisotopic (exact) mass is 388 g/mol. The lowest BCUT2D eigenvalue weighted by Gasteiger charge is -2.27. The highest BCUT2D eigenvalue weighted by atomic mass is 16.1. The van der Waals surface area contributed by atoms with Crippen molar-refractivity contribution in [3.05, 3.63) is 65.4 Å². The zero-order chi connectivity index (χ0) is 19.8. The van der Waals surface area contributed by atoms with Crippen molar-refractivity contribution in [1.82, 2.24) is 34.3 Å². The van der Waals surface area contributed by atoms with Crippen molar-refractivity contribution in [2.45, 2.75) is 32.4 Å². The van der Waals surface area contributed by atoms with Gasteiger partial charge in [-0.2, -0.15) is 5.10 Å². The molecule has 1 atom stereocenters. The number of hydrogen-bond donors (Lipinski definition) is 0. The minimum Gasteiger partial charge on any atom is -0.351 e. The van der Waals surface area contributed by atoms with Crippen molar-refractivity contribution >= 4 is 16.9 Å². The van der Waals surface area contributed by atoms with Gasteiger partial charge in [0, 0.05) is 31.2 Å². The smallest absolute Gasteiger partial charge is 0.266 e. The fraction of sp³-hybridized carbons (Fsp3) is 0.300. The predicted octanol–water partition coefficient (Wildman–Crippen LogP) is 1.74. The third-order valence-electron chi connectivity index (χ3n) is 5.22. The SMILES string of the molecule is Cc1nc(N2CCCC2Cn2nc(-n3ccnc3)ccc2=O)c2cccnc2n1. The van der Waals surface area contributed by atoms with E-state index in [2.05, 4.69) is 25.0 Å². The molecule has 4 aromatic heterocycles. The Kier molecular flexibility index (Phi) is 4.27. The zero-order valence-corrected chi connectivity index (χ0v) is 16.0. The summed E-state index contributed by atoms with van der Waals surface area (Å²) in [6, 6.07) is 7.28. The summed E-state index contributed by atoms with van der Waals surface area (Å²) in [5.74, 6) is 2.23. The summed E-state index contributed by atoms with van der Waals surface area (Å²) in [6.07, 6.45) is 8.90. The van der Waals surface area contributed by atoms with E-state index in [1.165, 1.54) is 4.68 Å². The lowest BCUT2D eigenvalue weighted by atomic mass is 10.2. The molecule has 1 aliphatic rings. The highest BCUT2D eigenvalue weighted by molar-refractivity contribution is 5.87. The molecule has 0 bridgehead atoms. The molecule has 1 saturated heterocycles. The molecular weight excluding hydrogens is 368 g/mol. The molecule has 29 heavy (non-hydrogen) atoms. The number of rotatable bonds is 4. The first-order valence-electron chi connectivity index (χ1n) is 9.61. The van der Waals surface area contributed by atoms with Gasteiger partial charge < -0.3 is 4.90 Å². The Labute approximate surface area is 166 Å². The average molecular weight is 388 g/mol. The number of hydrogen-bond acceptors (Lipinski definition) is 7. The van der Waals surface area contributed by atoms with E-state index >= 15 is 0 Å². The van der Waals surface area contributed by atoms with Gasteiger partial charge in [-0.05, 0) is 38.0 Å². The topological polar surface area (TPSA) is 94.6 Å². The van der Waals surface area contributed by atoms with Gasteiger partial charge in [-0.3, -0.25) is 9.36 Å². The van der Waals surface area contributed by atoms with E-state index < -0.39 is 0 Å². The second-order valence-corrected chi connectivity index (χ2v) is 7.14. The number of fused-ring (bicyclic) bond motifs is 1. The van der Waals surface area contributed by atoms with E-state index in [0.717, 1.165) is 30.6 Å². The maximum absolute atomic E-state index is 12.5. The van der Waals surface area contributed by atoms with E-state index in [-0.39, 0.29) is 11.6 Å². The standard InChI is InChI=1S/C20H20N8O/c1-14-23-19-16(5-2-8-22-19)20(24-14)27-10-3-4-15(27)12-28-18(29)7-6-17(25-28)26-11-9-21-13-26/h2,5-9,11,13,15H,3-4,10,12H2,1H3. The summed E-state index contributed by atoms with van der Waals surface area (Å²) in [5.41, 5.74) is 0.573. The maximum Gasteiger partial charge on any atom is 0.266 e. The summed E-state index contributed by atoms with van der Waals surface area (Å²) >= 11 is 0. The van der Waals surface area contributed by atoms with Gasteiger partial charge in [0.25, 0.3) is 5.56 Å². The van der Waals surface area contributed by atoms with Crippen LogP contribution < -0.4 is 10.5 Å². The van der Waals surface area contributed by atoms with Crippen molar-refractivity contribution in [1.29, 1.82) is 0 Å². The number of imidazole rings is 1. The molecule has 1 fully saturated rings. The highest BCUT2D eigenvalue weighted by Crippen LogP contribution is 2.29. The molecule has 0 radical (unpaired) electrons. The van der Waals surface area contributed by atoms with E-state index in [4.69, 9.17) is 4.98 Å². The molecule has 4 aromatic rings. The van der Waals surface area contributed by atoms with Gasteiger partial charge in [0.2, 0.25) is 0 Å². The Bertz CT molecular complexity index is 1220. The van der Waals surface area contributed by atoms with Gasteiger partial charge in [0.15, 0.2) is 11.5 Å². The normalized spacial score (nSPS) is 16.6. The Balaban J connectivity index is 1.50. The van der Waals surface area contributed by atoms with Crippen molar-refractivity contribution in [2.24, 2.45) is 0 Å². The molecule has 5 heterocycles. The van der Waals surface area contributed by atoms with Gasteiger partial charge >= 0.3 is 0 Å². The van der Waals surface area contributed by atoms with Crippen LogP contribution in [0.2, 0.25) is 0 Å². The van der Waals surface area contributed by atoms with Gasteiger partial charge in [-0.25, -0.2) is 24.6 Å². The number of nitrogens with zero attached hydrogens (tertiary/aromatic N) is 8. The number of aromatic nitrogens is 7. The minimum absolute atomic E-state index is 0.119. The summed E-state index contributed by atoms with van der Waals surface area (Å²) < 4.78 is 3.32. The van der Waals surface area contributed by atoms with Crippen LogP contribution >= 0.6 is 0 Å². The number of aryl methyl sites for hydroxylation is 1. The first-order chi connectivity index (χ1) is 14.2. The van der Waals surface area contributed by atoms with Crippen LogP contribution in [0.3, 0.4) is 0 Å². The largest absolute Gasteiger partial charge is 0.351 e. The van der Waals surface area contributed by atoms with E-state index in [9.17, 15) is 4.79 Å². The van der Waals surface area contributed by atoms with Gasteiger partial charge in [0.05, 0.1) is 18.0 Å². The van der Waals surface area contributed by atoms with Crippen LogP contribution in [0.1, 0.15) is 18.7 Å². The second-order valence-electron chi connectivity index (χ2n) is 7.14. The quantitative estimate of drug-likeness (QED) is 0.525. The lowest BCUT2D eigenvalue weighted by Crippen LogP contribution is -2.38. The van der Waals surface area contributed by atoms with Crippen LogP contribution in [0, 0.1) is 6.92 Å². The average Bonchev–Trinajstić information content (AvgIpc) is 3.41. The van der Waals surface area contributed by atoms with Crippen LogP contribution in [-0.4, -0.2) is 46.9 Å². The van der Waals surface area contributed by atoms with E-state index in [1.54, 1.807) is 35.4 Å². The van der Waals surface area contributed by atoms with Crippen LogP contribution in [0.15, 0.2) is 54.0 Å². The van der Waals surface area contributed by atoms with Gasteiger partial charge in [-0.1, -0.05) is 0 Å². The molecule has 0 amide bonds. The molecule has 9 heteroatoms. The number of anilines is 1. The molecule has 0 N–H and O–H groups in total.